The highest BCUT2D eigenvalue weighted by molar-refractivity contribution is 5.87. The van der Waals surface area contributed by atoms with Crippen LogP contribution in [-0.2, 0) is 4.79 Å². The van der Waals surface area contributed by atoms with Crippen LogP contribution in [0.5, 0.6) is 0 Å². The minimum atomic E-state index is 0.0597. The Balaban J connectivity index is 2.63. The molecule has 0 bridgehead atoms. The molecule has 3 heteroatoms. The first-order chi connectivity index (χ1) is 6.61. The van der Waals surface area contributed by atoms with Gasteiger partial charge in [0.15, 0.2) is 0 Å². The quantitative estimate of drug-likeness (QED) is 0.631. The summed E-state index contributed by atoms with van der Waals surface area (Å²) in [5, 5.41) is 0. The molecule has 1 rings (SSSR count). The molecule has 80 valence electrons. The lowest BCUT2D eigenvalue weighted by Crippen LogP contribution is -2.43. The summed E-state index contributed by atoms with van der Waals surface area (Å²) in [5.41, 5.74) is 0. The molecule has 0 aromatic heterocycles. The van der Waals surface area contributed by atoms with Crippen molar-refractivity contribution in [1.82, 2.24) is 9.80 Å². The largest absolute Gasteiger partial charge is 0.335 e. The van der Waals surface area contributed by atoms with Gasteiger partial charge < -0.3 is 9.80 Å². The van der Waals surface area contributed by atoms with E-state index in [4.69, 9.17) is 0 Å². The summed E-state index contributed by atoms with van der Waals surface area (Å²) in [6, 6.07) is 0.814. The summed E-state index contributed by atoms with van der Waals surface area (Å²) in [4.78, 5) is 15.7. The van der Waals surface area contributed by atoms with Crippen LogP contribution in [0.2, 0.25) is 0 Å². The van der Waals surface area contributed by atoms with Crippen molar-refractivity contribution in [2.24, 2.45) is 0 Å². The van der Waals surface area contributed by atoms with Gasteiger partial charge in [-0.25, -0.2) is 0 Å². The molecule has 1 aliphatic rings. The second kappa shape index (κ2) is 4.60. The lowest BCUT2D eigenvalue weighted by atomic mass is 10.1. The molecule has 1 amide bonds. The van der Waals surface area contributed by atoms with Gasteiger partial charge in [0.25, 0.3) is 0 Å². The van der Waals surface area contributed by atoms with E-state index >= 15 is 0 Å². The van der Waals surface area contributed by atoms with E-state index in [0.29, 0.717) is 12.1 Å². The van der Waals surface area contributed by atoms with Crippen LogP contribution in [0.4, 0.5) is 0 Å². The van der Waals surface area contributed by atoms with Gasteiger partial charge in [0.05, 0.1) is 0 Å². The summed E-state index contributed by atoms with van der Waals surface area (Å²) >= 11 is 0. The Kier molecular flexibility index (Phi) is 3.69. The highest BCUT2D eigenvalue weighted by atomic mass is 16.2. The van der Waals surface area contributed by atoms with Crippen LogP contribution in [0.15, 0.2) is 12.7 Å². The van der Waals surface area contributed by atoms with Gasteiger partial charge in [-0.3, -0.25) is 4.79 Å². The van der Waals surface area contributed by atoms with Crippen LogP contribution in [-0.4, -0.2) is 47.9 Å². The SMILES string of the molecule is C=CC(=O)N1CCC(N(C)CC)C1C. The Bertz CT molecular complexity index is 227. The standard InChI is InChI=1S/C11H20N2O/c1-5-11(14)13-8-7-10(9(13)3)12(4)6-2/h5,9-10H,1,6-8H2,2-4H3. The molecular weight excluding hydrogens is 176 g/mol. The summed E-state index contributed by atoms with van der Waals surface area (Å²) in [5.74, 6) is 0.0597. The van der Waals surface area contributed by atoms with Gasteiger partial charge in [-0.2, -0.15) is 0 Å². The highest BCUT2D eigenvalue weighted by Gasteiger charge is 2.34. The van der Waals surface area contributed by atoms with E-state index in [9.17, 15) is 4.79 Å². The molecule has 2 unspecified atom stereocenters. The van der Waals surface area contributed by atoms with Crippen molar-refractivity contribution < 1.29 is 4.79 Å². The molecular formula is C11H20N2O. The summed E-state index contributed by atoms with van der Waals surface area (Å²) in [6.07, 6.45) is 2.48. The van der Waals surface area contributed by atoms with Gasteiger partial charge in [0.1, 0.15) is 0 Å². The van der Waals surface area contributed by atoms with Crippen LogP contribution in [0.25, 0.3) is 0 Å². The number of carbonyl (C=O) groups is 1. The fourth-order valence-corrected chi connectivity index (χ4v) is 2.18. The van der Waals surface area contributed by atoms with Gasteiger partial charge in [-0.1, -0.05) is 13.5 Å². The van der Waals surface area contributed by atoms with E-state index < -0.39 is 0 Å². The third-order valence-corrected chi connectivity index (χ3v) is 3.24. The summed E-state index contributed by atoms with van der Waals surface area (Å²) in [6.45, 7) is 9.68. The summed E-state index contributed by atoms with van der Waals surface area (Å²) in [7, 11) is 2.11. The Labute approximate surface area is 86.4 Å². The molecule has 0 aliphatic carbocycles. The van der Waals surface area contributed by atoms with E-state index in [2.05, 4.69) is 32.4 Å². The number of likely N-dealkylation sites (N-methyl/N-ethyl adjacent to an activating group) is 1. The minimum Gasteiger partial charge on any atom is -0.335 e. The van der Waals surface area contributed by atoms with Crippen LogP contribution in [0, 0.1) is 0 Å². The third kappa shape index (κ3) is 1.98. The number of likely N-dealkylation sites (tertiary alicyclic amines) is 1. The van der Waals surface area contributed by atoms with E-state index in [1.807, 2.05) is 4.90 Å². The molecule has 1 heterocycles. The number of hydrogen-bond acceptors (Lipinski definition) is 2. The van der Waals surface area contributed by atoms with Crippen molar-refractivity contribution in [2.75, 3.05) is 20.1 Å². The molecule has 0 aromatic rings. The zero-order valence-corrected chi connectivity index (χ0v) is 9.36. The van der Waals surface area contributed by atoms with Crippen molar-refractivity contribution >= 4 is 5.91 Å². The molecule has 0 spiro atoms. The lowest BCUT2D eigenvalue weighted by Gasteiger charge is -2.29. The Morgan fingerprint density at radius 3 is 2.86 bits per heavy atom. The average Bonchev–Trinajstić information content (AvgIpc) is 2.58. The second-order valence-corrected chi connectivity index (χ2v) is 3.91. The predicted octanol–water partition coefficient (Wildman–Crippen LogP) is 1.11. The first kappa shape index (κ1) is 11.2. The van der Waals surface area contributed by atoms with E-state index in [-0.39, 0.29) is 5.91 Å². The van der Waals surface area contributed by atoms with Gasteiger partial charge in [-0.15, -0.1) is 0 Å². The van der Waals surface area contributed by atoms with Crippen molar-refractivity contribution in [3.8, 4) is 0 Å². The Hall–Kier alpha value is -0.830. The maximum atomic E-state index is 11.5. The average molecular weight is 196 g/mol. The number of carbonyl (C=O) groups excluding carboxylic acids is 1. The fourth-order valence-electron chi connectivity index (χ4n) is 2.18. The predicted molar refractivity (Wildman–Crippen MR) is 58.1 cm³/mol. The van der Waals surface area contributed by atoms with E-state index in [1.54, 1.807) is 0 Å². The monoisotopic (exact) mass is 196 g/mol. The zero-order chi connectivity index (χ0) is 10.7. The van der Waals surface area contributed by atoms with Crippen molar-refractivity contribution in [2.45, 2.75) is 32.4 Å². The Morgan fingerprint density at radius 1 is 1.71 bits per heavy atom. The van der Waals surface area contributed by atoms with Crippen LogP contribution in [0.3, 0.4) is 0 Å². The first-order valence-corrected chi connectivity index (χ1v) is 5.25. The molecule has 1 saturated heterocycles. The molecule has 0 N–H and O–H groups in total. The maximum absolute atomic E-state index is 11.5. The fraction of sp³-hybridized carbons (Fsp3) is 0.727. The van der Waals surface area contributed by atoms with Crippen molar-refractivity contribution in [1.29, 1.82) is 0 Å². The van der Waals surface area contributed by atoms with Gasteiger partial charge in [0.2, 0.25) is 5.91 Å². The molecule has 1 aliphatic heterocycles. The molecule has 3 nitrogen and oxygen atoms in total. The number of nitrogens with zero attached hydrogens (tertiary/aromatic N) is 2. The maximum Gasteiger partial charge on any atom is 0.246 e. The van der Waals surface area contributed by atoms with Gasteiger partial charge in [-0.05, 0) is 33.0 Å². The Morgan fingerprint density at radius 2 is 2.36 bits per heavy atom. The normalized spacial score (nSPS) is 27.0. The summed E-state index contributed by atoms with van der Waals surface area (Å²) < 4.78 is 0. The van der Waals surface area contributed by atoms with Gasteiger partial charge in [0, 0.05) is 18.6 Å². The topological polar surface area (TPSA) is 23.6 Å². The zero-order valence-electron chi connectivity index (χ0n) is 9.36. The first-order valence-electron chi connectivity index (χ1n) is 5.25. The van der Waals surface area contributed by atoms with E-state index in [1.165, 1.54) is 6.08 Å². The molecule has 0 aromatic carbocycles. The van der Waals surface area contributed by atoms with E-state index in [0.717, 1.165) is 19.5 Å². The smallest absolute Gasteiger partial charge is 0.246 e. The van der Waals surface area contributed by atoms with Crippen LogP contribution >= 0.6 is 0 Å². The molecule has 0 radical (unpaired) electrons. The lowest BCUT2D eigenvalue weighted by molar-refractivity contribution is -0.126. The second-order valence-electron chi connectivity index (χ2n) is 3.91. The number of hydrogen-bond donors (Lipinski definition) is 0. The number of rotatable bonds is 3. The van der Waals surface area contributed by atoms with Crippen LogP contribution in [0.1, 0.15) is 20.3 Å². The van der Waals surface area contributed by atoms with Crippen molar-refractivity contribution in [3.05, 3.63) is 12.7 Å². The van der Waals surface area contributed by atoms with Gasteiger partial charge >= 0.3 is 0 Å². The molecule has 1 fully saturated rings. The van der Waals surface area contributed by atoms with Crippen molar-refractivity contribution in [3.63, 3.8) is 0 Å². The number of amides is 1. The third-order valence-electron chi connectivity index (χ3n) is 3.24. The highest BCUT2D eigenvalue weighted by Crippen LogP contribution is 2.21. The van der Waals surface area contributed by atoms with Crippen LogP contribution < -0.4 is 0 Å². The molecule has 2 atom stereocenters. The molecule has 0 saturated carbocycles. The minimum absolute atomic E-state index is 0.0597. The molecule has 14 heavy (non-hydrogen) atoms.